The fourth-order valence-electron chi connectivity index (χ4n) is 1.84. The third kappa shape index (κ3) is 5.35. The summed E-state index contributed by atoms with van der Waals surface area (Å²) in [5.74, 6) is 0.333. The minimum Gasteiger partial charge on any atom is -0.370 e. The molecular weight excluding hydrogens is 403 g/mol. The number of nitrogens with one attached hydrogen (secondary N) is 1. The molecule has 1 aromatic rings. The van der Waals surface area contributed by atoms with E-state index >= 15 is 0 Å². The van der Waals surface area contributed by atoms with Gasteiger partial charge < -0.3 is 16.0 Å². The zero-order chi connectivity index (χ0) is 14.5. The van der Waals surface area contributed by atoms with Gasteiger partial charge in [0.1, 0.15) is 0 Å². The number of aliphatic imine (C=N–C) groups is 1. The number of halogens is 2. The summed E-state index contributed by atoms with van der Waals surface area (Å²) in [6.07, 6.45) is 2.35. The molecule has 1 aliphatic rings. The Hall–Kier alpha value is -1.02. The predicted octanol–water partition coefficient (Wildman–Crippen LogP) is 2.10. The van der Waals surface area contributed by atoms with Crippen LogP contribution in [-0.4, -0.2) is 42.9 Å². The molecule has 0 atom stereocenters. The Kier molecular flexibility index (Phi) is 7.24. The van der Waals surface area contributed by atoms with E-state index < -0.39 is 0 Å². The number of amides is 1. The molecule has 5 nitrogen and oxygen atoms in total. The van der Waals surface area contributed by atoms with Crippen LogP contribution in [0.5, 0.6) is 0 Å². The lowest BCUT2D eigenvalue weighted by Gasteiger charge is -2.16. The van der Waals surface area contributed by atoms with Crippen LogP contribution < -0.4 is 11.1 Å². The molecule has 3 N–H and O–H groups in total. The molecule has 1 aliphatic carbocycles. The average Bonchev–Trinajstić information content (AvgIpc) is 3.27. The number of rotatable bonds is 5. The van der Waals surface area contributed by atoms with E-state index in [2.05, 4.69) is 10.3 Å². The zero-order valence-corrected chi connectivity index (χ0v) is 15.0. The van der Waals surface area contributed by atoms with Crippen molar-refractivity contribution in [3.63, 3.8) is 0 Å². The second-order valence-electron chi connectivity index (χ2n) is 4.82. The molecular formula is C14H20ClIN4O. The molecule has 1 saturated carbocycles. The standard InChI is InChI=1S/C14H19ClN4O.HI/c1-19(10-6-7-10)14(16)18-9-8-17-13(20)11-4-2-3-5-12(11)15;/h2-5,10H,6-9H2,1H3,(H2,16,18)(H,17,20);1H. The van der Waals surface area contributed by atoms with Crippen LogP contribution >= 0.6 is 35.6 Å². The molecule has 0 aromatic heterocycles. The number of guanidine groups is 1. The molecule has 0 aliphatic heterocycles. The van der Waals surface area contributed by atoms with E-state index in [0.29, 0.717) is 35.7 Å². The molecule has 2 rings (SSSR count). The van der Waals surface area contributed by atoms with E-state index in [1.54, 1.807) is 24.3 Å². The summed E-state index contributed by atoms with van der Waals surface area (Å²) >= 11 is 5.95. The molecule has 0 radical (unpaired) electrons. The second-order valence-corrected chi connectivity index (χ2v) is 5.22. The van der Waals surface area contributed by atoms with Crippen LogP contribution in [0.25, 0.3) is 0 Å². The Balaban J connectivity index is 0.00000220. The number of hydrogen-bond donors (Lipinski definition) is 2. The highest BCUT2D eigenvalue weighted by Gasteiger charge is 2.27. The number of hydrogen-bond acceptors (Lipinski definition) is 2. The molecule has 0 bridgehead atoms. The predicted molar refractivity (Wildman–Crippen MR) is 96.5 cm³/mol. The smallest absolute Gasteiger partial charge is 0.252 e. The van der Waals surface area contributed by atoms with Gasteiger partial charge in [0.15, 0.2) is 5.96 Å². The van der Waals surface area contributed by atoms with Crippen LogP contribution in [0.3, 0.4) is 0 Å². The summed E-state index contributed by atoms with van der Waals surface area (Å²) in [7, 11) is 1.94. The van der Waals surface area contributed by atoms with E-state index in [1.807, 2.05) is 11.9 Å². The number of nitrogens with zero attached hydrogens (tertiary/aromatic N) is 2. The van der Waals surface area contributed by atoms with Crippen molar-refractivity contribution in [1.29, 1.82) is 0 Å². The molecule has 21 heavy (non-hydrogen) atoms. The van der Waals surface area contributed by atoms with Gasteiger partial charge in [-0.15, -0.1) is 24.0 Å². The van der Waals surface area contributed by atoms with Crippen LogP contribution in [0.1, 0.15) is 23.2 Å². The molecule has 0 spiro atoms. The minimum atomic E-state index is -0.195. The number of carbonyl (C=O) groups excluding carboxylic acids is 1. The van der Waals surface area contributed by atoms with Crippen LogP contribution in [0.4, 0.5) is 0 Å². The molecule has 1 aromatic carbocycles. The van der Waals surface area contributed by atoms with Gasteiger partial charge in [-0.1, -0.05) is 23.7 Å². The van der Waals surface area contributed by atoms with E-state index in [1.165, 1.54) is 12.8 Å². The lowest BCUT2D eigenvalue weighted by atomic mass is 10.2. The van der Waals surface area contributed by atoms with Gasteiger partial charge in [0.2, 0.25) is 0 Å². The van der Waals surface area contributed by atoms with Gasteiger partial charge >= 0.3 is 0 Å². The summed E-state index contributed by atoms with van der Waals surface area (Å²) in [5.41, 5.74) is 6.33. The SMILES string of the molecule is CN(C(N)=NCCNC(=O)c1ccccc1Cl)C1CC1.I. The van der Waals surface area contributed by atoms with Crippen molar-refractivity contribution in [2.75, 3.05) is 20.1 Å². The molecule has 116 valence electrons. The van der Waals surface area contributed by atoms with Crippen molar-refractivity contribution in [2.24, 2.45) is 10.7 Å². The van der Waals surface area contributed by atoms with Crippen molar-refractivity contribution in [1.82, 2.24) is 10.2 Å². The quantitative estimate of drug-likeness (QED) is 0.330. The first-order valence-electron chi connectivity index (χ1n) is 6.65. The maximum Gasteiger partial charge on any atom is 0.252 e. The summed E-state index contributed by atoms with van der Waals surface area (Å²) in [4.78, 5) is 18.1. The molecule has 0 heterocycles. The number of carbonyl (C=O) groups is 1. The topological polar surface area (TPSA) is 70.7 Å². The van der Waals surface area contributed by atoms with Crippen molar-refractivity contribution < 1.29 is 4.79 Å². The molecule has 0 saturated heterocycles. The van der Waals surface area contributed by atoms with E-state index in [0.717, 1.165) is 0 Å². The summed E-state index contributed by atoms with van der Waals surface area (Å²) < 4.78 is 0. The van der Waals surface area contributed by atoms with Crippen molar-refractivity contribution in [3.8, 4) is 0 Å². The second kappa shape index (κ2) is 8.43. The van der Waals surface area contributed by atoms with Crippen LogP contribution in [0, 0.1) is 0 Å². The Morgan fingerprint density at radius 3 is 2.76 bits per heavy atom. The highest BCUT2D eigenvalue weighted by molar-refractivity contribution is 14.0. The van der Waals surface area contributed by atoms with Gasteiger partial charge in [-0.3, -0.25) is 9.79 Å². The lowest BCUT2D eigenvalue weighted by Crippen LogP contribution is -2.36. The number of nitrogens with two attached hydrogens (primary N) is 1. The van der Waals surface area contributed by atoms with Crippen LogP contribution in [0.2, 0.25) is 5.02 Å². The van der Waals surface area contributed by atoms with E-state index in [9.17, 15) is 4.79 Å². The third-order valence-corrected chi connectivity index (χ3v) is 3.58. The Bertz CT molecular complexity index is 519. The third-order valence-electron chi connectivity index (χ3n) is 3.25. The van der Waals surface area contributed by atoms with Gasteiger partial charge in [-0.2, -0.15) is 0 Å². The molecule has 1 amide bonds. The van der Waals surface area contributed by atoms with Gasteiger partial charge in [0.25, 0.3) is 5.91 Å². The highest BCUT2D eigenvalue weighted by atomic mass is 127. The van der Waals surface area contributed by atoms with Gasteiger partial charge in [0, 0.05) is 19.6 Å². The fraction of sp³-hybridized carbons (Fsp3) is 0.429. The normalized spacial score (nSPS) is 14.3. The minimum absolute atomic E-state index is 0. The first-order chi connectivity index (χ1) is 9.59. The molecule has 7 heteroatoms. The van der Waals surface area contributed by atoms with Gasteiger partial charge in [-0.25, -0.2) is 0 Å². The Morgan fingerprint density at radius 1 is 1.48 bits per heavy atom. The average molecular weight is 423 g/mol. The van der Waals surface area contributed by atoms with Crippen molar-refractivity contribution >= 4 is 47.4 Å². The first kappa shape index (κ1) is 18.0. The zero-order valence-electron chi connectivity index (χ0n) is 11.9. The van der Waals surface area contributed by atoms with Gasteiger partial charge in [-0.05, 0) is 25.0 Å². The van der Waals surface area contributed by atoms with E-state index in [-0.39, 0.29) is 29.9 Å². The van der Waals surface area contributed by atoms with Crippen molar-refractivity contribution in [2.45, 2.75) is 18.9 Å². The van der Waals surface area contributed by atoms with Crippen LogP contribution in [-0.2, 0) is 0 Å². The first-order valence-corrected chi connectivity index (χ1v) is 7.03. The molecule has 0 unspecified atom stereocenters. The summed E-state index contributed by atoms with van der Waals surface area (Å²) in [6.45, 7) is 0.891. The van der Waals surface area contributed by atoms with E-state index in [4.69, 9.17) is 17.3 Å². The summed E-state index contributed by atoms with van der Waals surface area (Å²) in [6, 6.07) is 7.49. The molecule has 1 fully saturated rings. The highest BCUT2D eigenvalue weighted by Crippen LogP contribution is 2.24. The fourth-order valence-corrected chi connectivity index (χ4v) is 2.06. The largest absolute Gasteiger partial charge is 0.370 e. The number of benzene rings is 1. The summed E-state index contributed by atoms with van der Waals surface area (Å²) in [5, 5.41) is 3.22. The lowest BCUT2D eigenvalue weighted by molar-refractivity contribution is 0.0955. The maximum atomic E-state index is 11.9. The van der Waals surface area contributed by atoms with Gasteiger partial charge in [0.05, 0.1) is 17.1 Å². The van der Waals surface area contributed by atoms with Crippen LogP contribution in [0.15, 0.2) is 29.3 Å². The monoisotopic (exact) mass is 422 g/mol. The van der Waals surface area contributed by atoms with Crippen molar-refractivity contribution in [3.05, 3.63) is 34.9 Å². The Labute approximate surface area is 146 Å². The Morgan fingerprint density at radius 2 is 2.14 bits per heavy atom. The maximum absolute atomic E-state index is 11.9.